The van der Waals surface area contributed by atoms with E-state index in [2.05, 4.69) is 10.4 Å². The Bertz CT molecular complexity index is 982. The van der Waals surface area contributed by atoms with Gasteiger partial charge in [0, 0.05) is 12.8 Å². The summed E-state index contributed by atoms with van der Waals surface area (Å²) in [6, 6.07) is 21.9. The van der Waals surface area contributed by atoms with E-state index < -0.39 is 6.04 Å². The molecule has 0 aliphatic carbocycles. The molecule has 0 fully saturated rings. The van der Waals surface area contributed by atoms with Gasteiger partial charge in [-0.3, -0.25) is 9.59 Å². The van der Waals surface area contributed by atoms with Crippen molar-refractivity contribution in [2.75, 3.05) is 5.01 Å². The van der Waals surface area contributed by atoms with E-state index in [0.717, 1.165) is 5.56 Å². The van der Waals surface area contributed by atoms with Gasteiger partial charge in [-0.05, 0) is 29.8 Å². The molecule has 140 valence electrons. The van der Waals surface area contributed by atoms with Crippen molar-refractivity contribution in [2.24, 2.45) is 5.10 Å². The largest absolute Gasteiger partial charge is 0.467 e. The highest BCUT2D eigenvalue weighted by Gasteiger charge is 2.28. The smallest absolute Gasteiger partial charge is 0.268 e. The van der Waals surface area contributed by atoms with E-state index in [0.29, 0.717) is 23.6 Å². The molecular weight excluding hydrogens is 354 g/mol. The number of hydrazone groups is 1. The molecule has 0 radical (unpaired) electrons. The fraction of sp³-hybridized carbons (Fsp3) is 0.136. The summed E-state index contributed by atoms with van der Waals surface area (Å²) in [4.78, 5) is 25.2. The highest BCUT2D eigenvalue weighted by Crippen LogP contribution is 2.24. The van der Waals surface area contributed by atoms with E-state index in [1.165, 1.54) is 5.01 Å². The molecule has 2 amide bonds. The van der Waals surface area contributed by atoms with Crippen molar-refractivity contribution in [1.82, 2.24) is 5.32 Å². The first-order chi connectivity index (χ1) is 13.7. The van der Waals surface area contributed by atoms with E-state index in [-0.39, 0.29) is 18.2 Å². The molecule has 1 atom stereocenters. The topological polar surface area (TPSA) is 74.9 Å². The predicted octanol–water partition coefficient (Wildman–Crippen LogP) is 3.67. The summed E-state index contributed by atoms with van der Waals surface area (Å²) in [6.45, 7) is 0. The van der Waals surface area contributed by atoms with Gasteiger partial charge in [-0.1, -0.05) is 48.5 Å². The number of hydrogen-bond acceptors (Lipinski definition) is 4. The number of anilines is 1. The molecule has 2 heterocycles. The minimum Gasteiger partial charge on any atom is -0.467 e. The zero-order valence-electron chi connectivity index (χ0n) is 15.1. The SMILES string of the molecule is O=C(NC(c1ccccc1)c1ccco1)C1=NN(c2ccccc2)C(=O)CC1. The van der Waals surface area contributed by atoms with E-state index in [1.54, 1.807) is 24.5 Å². The fourth-order valence-corrected chi connectivity index (χ4v) is 3.12. The third-order valence-corrected chi connectivity index (χ3v) is 4.53. The lowest BCUT2D eigenvalue weighted by molar-refractivity contribution is -0.119. The first-order valence-corrected chi connectivity index (χ1v) is 9.07. The quantitative estimate of drug-likeness (QED) is 0.741. The summed E-state index contributed by atoms with van der Waals surface area (Å²) in [7, 11) is 0. The van der Waals surface area contributed by atoms with Crippen LogP contribution >= 0.6 is 0 Å². The Morgan fingerprint density at radius 2 is 1.68 bits per heavy atom. The van der Waals surface area contributed by atoms with Gasteiger partial charge in [0.15, 0.2) is 0 Å². The molecule has 4 rings (SSSR count). The normalized spacial score (nSPS) is 15.1. The van der Waals surface area contributed by atoms with Crippen LogP contribution in [0.15, 0.2) is 88.6 Å². The molecule has 1 N–H and O–H groups in total. The Kier molecular flexibility index (Phi) is 5.01. The summed E-state index contributed by atoms with van der Waals surface area (Å²) in [5.74, 6) is 0.180. The number of amides is 2. The maximum Gasteiger partial charge on any atom is 0.268 e. The number of carbonyl (C=O) groups excluding carboxylic acids is 2. The second-order valence-electron chi connectivity index (χ2n) is 6.42. The number of carbonyl (C=O) groups is 2. The van der Waals surface area contributed by atoms with Crippen LogP contribution in [0.2, 0.25) is 0 Å². The van der Waals surface area contributed by atoms with Gasteiger partial charge in [0.05, 0.1) is 12.0 Å². The summed E-state index contributed by atoms with van der Waals surface area (Å²) in [6.07, 6.45) is 2.11. The highest BCUT2D eigenvalue weighted by molar-refractivity contribution is 6.40. The maximum atomic E-state index is 12.9. The van der Waals surface area contributed by atoms with Crippen LogP contribution in [0.3, 0.4) is 0 Å². The molecule has 6 heteroatoms. The summed E-state index contributed by atoms with van der Waals surface area (Å²) in [5, 5.41) is 8.60. The molecule has 2 aromatic carbocycles. The lowest BCUT2D eigenvalue weighted by Gasteiger charge is -2.24. The molecule has 6 nitrogen and oxygen atoms in total. The summed E-state index contributed by atoms with van der Waals surface area (Å²) < 4.78 is 5.53. The molecule has 0 saturated carbocycles. The lowest BCUT2D eigenvalue weighted by Crippen LogP contribution is -2.40. The van der Waals surface area contributed by atoms with Gasteiger partial charge in [0.2, 0.25) is 5.91 Å². The number of rotatable bonds is 5. The molecule has 3 aromatic rings. The van der Waals surface area contributed by atoms with Crippen LogP contribution in [0.4, 0.5) is 5.69 Å². The fourth-order valence-electron chi connectivity index (χ4n) is 3.12. The van der Waals surface area contributed by atoms with Gasteiger partial charge in [-0.25, -0.2) is 5.01 Å². The Morgan fingerprint density at radius 1 is 0.964 bits per heavy atom. The van der Waals surface area contributed by atoms with Crippen LogP contribution in [0.25, 0.3) is 0 Å². The van der Waals surface area contributed by atoms with E-state index >= 15 is 0 Å². The Labute approximate surface area is 162 Å². The van der Waals surface area contributed by atoms with Crippen LogP contribution in [0.5, 0.6) is 0 Å². The number of benzene rings is 2. The monoisotopic (exact) mass is 373 g/mol. The van der Waals surface area contributed by atoms with E-state index in [9.17, 15) is 9.59 Å². The third-order valence-electron chi connectivity index (χ3n) is 4.53. The standard InChI is InChI=1S/C22H19N3O3/c26-20-14-13-18(24-25(20)17-10-5-2-6-11-17)22(27)23-21(19-12-7-15-28-19)16-8-3-1-4-9-16/h1-12,15,21H,13-14H2,(H,23,27). The molecule has 1 unspecified atom stereocenters. The van der Waals surface area contributed by atoms with Crippen molar-refractivity contribution >= 4 is 23.2 Å². The Balaban J connectivity index is 1.60. The second kappa shape index (κ2) is 7.92. The van der Waals surface area contributed by atoms with Crippen LogP contribution < -0.4 is 10.3 Å². The zero-order valence-corrected chi connectivity index (χ0v) is 15.1. The van der Waals surface area contributed by atoms with Crippen molar-refractivity contribution in [1.29, 1.82) is 0 Å². The molecule has 0 bridgehead atoms. The minimum atomic E-state index is -0.436. The van der Waals surface area contributed by atoms with Gasteiger partial charge >= 0.3 is 0 Å². The van der Waals surface area contributed by atoms with E-state index in [4.69, 9.17) is 4.42 Å². The van der Waals surface area contributed by atoms with Crippen LogP contribution in [0, 0.1) is 0 Å². The number of para-hydroxylation sites is 1. The summed E-state index contributed by atoms with van der Waals surface area (Å²) in [5.41, 5.74) is 1.86. The van der Waals surface area contributed by atoms with Gasteiger partial charge in [0.25, 0.3) is 5.91 Å². The molecule has 1 aromatic heterocycles. The molecule has 28 heavy (non-hydrogen) atoms. The predicted molar refractivity (Wildman–Crippen MR) is 106 cm³/mol. The first kappa shape index (κ1) is 17.7. The molecule has 0 spiro atoms. The molecular formula is C22H19N3O3. The van der Waals surface area contributed by atoms with Crippen molar-refractivity contribution < 1.29 is 14.0 Å². The number of hydrogen-bond donors (Lipinski definition) is 1. The maximum absolute atomic E-state index is 12.9. The number of nitrogens with zero attached hydrogens (tertiary/aromatic N) is 2. The van der Waals surface area contributed by atoms with Crippen LogP contribution in [0.1, 0.15) is 30.2 Å². The van der Waals surface area contributed by atoms with Gasteiger partial charge in [-0.15, -0.1) is 0 Å². The molecule has 1 aliphatic heterocycles. The minimum absolute atomic E-state index is 0.131. The van der Waals surface area contributed by atoms with Crippen molar-refractivity contribution in [3.05, 3.63) is 90.4 Å². The van der Waals surface area contributed by atoms with Crippen molar-refractivity contribution in [2.45, 2.75) is 18.9 Å². The third kappa shape index (κ3) is 3.71. The average Bonchev–Trinajstić information content (AvgIpc) is 3.28. The average molecular weight is 373 g/mol. The first-order valence-electron chi connectivity index (χ1n) is 9.07. The van der Waals surface area contributed by atoms with Crippen molar-refractivity contribution in [3.63, 3.8) is 0 Å². The van der Waals surface area contributed by atoms with E-state index in [1.807, 2.05) is 54.6 Å². The van der Waals surface area contributed by atoms with Crippen LogP contribution in [-0.2, 0) is 9.59 Å². The zero-order chi connectivity index (χ0) is 19.3. The Hall–Kier alpha value is -3.67. The number of furan rings is 1. The Morgan fingerprint density at radius 3 is 2.36 bits per heavy atom. The van der Waals surface area contributed by atoms with Gasteiger partial charge in [0.1, 0.15) is 17.5 Å². The molecule has 0 saturated heterocycles. The lowest BCUT2D eigenvalue weighted by atomic mass is 10.0. The van der Waals surface area contributed by atoms with Gasteiger partial charge < -0.3 is 9.73 Å². The second-order valence-corrected chi connectivity index (χ2v) is 6.42. The number of nitrogens with one attached hydrogen (secondary N) is 1. The van der Waals surface area contributed by atoms with Crippen molar-refractivity contribution in [3.8, 4) is 0 Å². The highest BCUT2D eigenvalue weighted by atomic mass is 16.3. The van der Waals surface area contributed by atoms with Gasteiger partial charge in [-0.2, -0.15) is 5.10 Å². The van der Waals surface area contributed by atoms with Crippen LogP contribution in [-0.4, -0.2) is 17.5 Å². The summed E-state index contributed by atoms with van der Waals surface area (Å²) >= 11 is 0. The molecule has 1 aliphatic rings.